The maximum atomic E-state index is 9.04. The molecule has 1 unspecified atom stereocenters. The summed E-state index contributed by atoms with van der Waals surface area (Å²) in [4.78, 5) is 0. The number of nitrogens with two attached hydrogens (primary N) is 1. The fourth-order valence-corrected chi connectivity index (χ4v) is 1.77. The number of hydrogen-bond acceptors (Lipinski definition) is 2. The Bertz CT molecular complexity index is 305. The molecule has 1 aromatic rings. The van der Waals surface area contributed by atoms with E-state index in [1.807, 2.05) is 0 Å². The number of benzene rings is 1. The van der Waals surface area contributed by atoms with Crippen LogP contribution in [0.2, 0.25) is 0 Å². The van der Waals surface area contributed by atoms with Gasteiger partial charge in [0, 0.05) is 6.61 Å². The third-order valence-electron chi connectivity index (χ3n) is 2.91. The van der Waals surface area contributed by atoms with Gasteiger partial charge in [0.25, 0.3) is 0 Å². The highest BCUT2D eigenvalue weighted by atomic mass is 16.3. The monoisotopic (exact) mass is 207 g/mol. The van der Waals surface area contributed by atoms with Gasteiger partial charge >= 0.3 is 0 Å². The van der Waals surface area contributed by atoms with Gasteiger partial charge in [0.05, 0.1) is 0 Å². The highest BCUT2D eigenvalue weighted by molar-refractivity contribution is 5.30. The quantitative estimate of drug-likeness (QED) is 0.773. The summed E-state index contributed by atoms with van der Waals surface area (Å²) in [6, 6.07) is 6.51. The van der Waals surface area contributed by atoms with Crippen LogP contribution in [0.1, 0.15) is 23.1 Å². The van der Waals surface area contributed by atoms with Gasteiger partial charge in [0.15, 0.2) is 0 Å². The van der Waals surface area contributed by atoms with E-state index in [1.165, 1.54) is 16.7 Å². The van der Waals surface area contributed by atoms with Crippen LogP contribution in [0.25, 0.3) is 0 Å². The van der Waals surface area contributed by atoms with E-state index in [9.17, 15) is 0 Å². The van der Waals surface area contributed by atoms with Crippen molar-refractivity contribution in [1.29, 1.82) is 0 Å². The molecule has 1 atom stereocenters. The number of hydrogen-bond donors (Lipinski definition) is 2. The predicted molar refractivity (Wildman–Crippen MR) is 63.9 cm³/mol. The lowest BCUT2D eigenvalue weighted by Crippen LogP contribution is -2.18. The van der Waals surface area contributed by atoms with Gasteiger partial charge in [0.2, 0.25) is 0 Å². The van der Waals surface area contributed by atoms with Gasteiger partial charge in [-0.3, -0.25) is 0 Å². The van der Waals surface area contributed by atoms with Crippen LogP contribution in [0.4, 0.5) is 0 Å². The van der Waals surface area contributed by atoms with E-state index in [-0.39, 0.29) is 12.5 Å². The van der Waals surface area contributed by atoms with Crippen molar-refractivity contribution < 1.29 is 5.11 Å². The van der Waals surface area contributed by atoms with Crippen LogP contribution in [-0.2, 0) is 6.42 Å². The van der Waals surface area contributed by atoms with Gasteiger partial charge in [-0.1, -0.05) is 23.8 Å². The molecule has 0 spiro atoms. The second-order valence-electron chi connectivity index (χ2n) is 4.25. The summed E-state index contributed by atoms with van der Waals surface area (Å²) in [5.41, 5.74) is 9.55. The molecule has 0 aliphatic carbocycles. The Morgan fingerprint density at radius 3 is 2.60 bits per heavy atom. The molecule has 3 N–H and O–H groups in total. The fraction of sp³-hybridized carbons (Fsp3) is 0.538. The van der Waals surface area contributed by atoms with Crippen molar-refractivity contribution in [3.8, 4) is 0 Å². The topological polar surface area (TPSA) is 46.2 Å². The Balaban J connectivity index is 2.57. The van der Waals surface area contributed by atoms with Crippen molar-refractivity contribution in [2.75, 3.05) is 13.2 Å². The minimum atomic E-state index is 0.196. The maximum Gasteiger partial charge on any atom is 0.0471 e. The van der Waals surface area contributed by atoms with E-state index in [0.29, 0.717) is 6.54 Å². The van der Waals surface area contributed by atoms with E-state index >= 15 is 0 Å². The summed E-state index contributed by atoms with van der Waals surface area (Å²) >= 11 is 0. The molecule has 0 aliphatic heterocycles. The molecule has 0 heterocycles. The average molecular weight is 207 g/mol. The molecule has 0 bridgehead atoms. The zero-order chi connectivity index (χ0) is 11.3. The highest BCUT2D eigenvalue weighted by Gasteiger charge is 2.06. The second-order valence-corrected chi connectivity index (χ2v) is 4.25. The van der Waals surface area contributed by atoms with Crippen molar-refractivity contribution in [1.82, 2.24) is 0 Å². The molecular weight excluding hydrogens is 186 g/mol. The summed E-state index contributed by atoms with van der Waals surface area (Å²) in [6.07, 6.45) is 1.98. The first-order valence-corrected chi connectivity index (χ1v) is 5.54. The number of aliphatic hydroxyl groups is 1. The van der Waals surface area contributed by atoms with Crippen molar-refractivity contribution in [3.05, 3.63) is 34.9 Å². The lowest BCUT2D eigenvalue weighted by atomic mass is 9.96. The lowest BCUT2D eigenvalue weighted by molar-refractivity contribution is 0.223. The van der Waals surface area contributed by atoms with Crippen LogP contribution in [0.5, 0.6) is 0 Å². The molecule has 84 valence electrons. The highest BCUT2D eigenvalue weighted by Crippen LogP contribution is 2.14. The summed E-state index contributed by atoms with van der Waals surface area (Å²) in [7, 11) is 0. The molecule has 0 amide bonds. The molecule has 2 nitrogen and oxygen atoms in total. The summed E-state index contributed by atoms with van der Waals surface area (Å²) in [5.74, 6) is 0.241. The van der Waals surface area contributed by atoms with Crippen LogP contribution < -0.4 is 5.73 Å². The smallest absolute Gasteiger partial charge is 0.0471 e. The van der Waals surface area contributed by atoms with Crippen molar-refractivity contribution in [2.24, 2.45) is 11.7 Å². The molecule has 1 rings (SSSR count). The molecule has 0 radical (unpaired) electrons. The van der Waals surface area contributed by atoms with Crippen LogP contribution in [0.15, 0.2) is 18.2 Å². The van der Waals surface area contributed by atoms with Crippen LogP contribution in [0.3, 0.4) is 0 Å². The minimum absolute atomic E-state index is 0.196. The largest absolute Gasteiger partial charge is 0.396 e. The first kappa shape index (κ1) is 12.2. The summed E-state index contributed by atoms with van der Waals surface area (Å²) < 4.78 is 0. The van der Waals surface area contributed by atoms with Crippen LogP contribution >= 0.6 is 0 Å². The van der Waals surface area contributed by atoms with Crippen molar-refractivity contribution >= 4 is 0 Å². The van der Waals surface area contributed by atoms with Crippen molar-refractivity contribution in [2.45, 2.75) is 26.7 Å². The van der Waals surface area contributed by atoms with E-state index in [0.717, 1.165) is 12.8 Å². The molecule has 0 aromatic heterocycles. The van der Waals surface area contributed by atoms with Gasteiger partial charge in [0.1, 0.15) is 0 Å². The normalized spacial score (nSPS) is 12.8. The summed E-state index contributed by atoms with van der Waals surface area (Å²) in [6.45, 7) is 5.01. The third kappa shape index (κ3) is 3.65. The van der Waals surface area contributed by atoms with E-state index < -0.39 is 0 Å². The standard InChI is InChI=1S/C13H21NO/c1-10-3-5-13(11(2)7-10)6-4-12(8-14)9-15/h3,5,7,12,15H,4,6,8-9,14H2,1-2H3. The van der Waals surface area contributed by atoms with Gasteiger partial charge in [-0.25, -0.2) is 0 Å². The van der Waals surface area contributed by atoms with Gasteiger partial charge in [-0.15, -0.1) is 0 Å². The predicted octanol–water partition coefficient (Wildman–Crippen LogP) is 1.80. The Labute approximate surface area is 92.1 Å². The van der Waals surface area contributed by atoms with Crippen LogP contribution in [0, 0.1) is 19.8 Å². The Hall–Kier alpha value is -0.860. The van der Waals surface area contributed by atoms with Gasteiger partial charge in [-0.2, -0.15) is 0 Å². The minimum Gasteiger partial charge on any atom is -0.396 e. The van der Waals surface area contributed by atoms with Crippen LogP contribution in [-0.4, -0.2) is 18.3 Å². The molecule has 0 saturated carbocycles. The van der Waals surface area contributed by atoms with Gasteiger partial charge < -0.3 is 10.8 Å². The van der Waals surface area contributed by atoms with Gasteiger partial charge in [-0.05, 0) is 50.3 Å². The maximum absolute atomic E-state index is 9.04. The molecule has 0 saturated heterocycles. The first-order valence-electron chi connectivity index (χ1n) is 5.54. The first-order chi connectivity index (χ1) is 7.17. The Morgan fingerprint density at radius 2 is 2.07 bits per heavy atom. The Kier molecular flexibility index (Phi) is 4.79. The molecule has 1 aromatic carbocycles. The fourth-order valence-electron chi connectivity index (χ4n) is 1.77. The number of rotatable bonds is 5. The number of aryl methyl sites for hydroxylation is 3. The molecule has 0 fully saturated rings. The molecule has 0 aliphatic rings. The van der Waals surface area contributed by atoms with E-state index in [4.69, 9.17) is 10.8 Å². The molecule has 2 heteroatoms. The zero-order valence-electron chi connectivity index (χ0n) is 9.66. The average Bonchev–Trinajstić information content (AvgIpc) is 2.22. The summed E-state index contributed by atoms with van der Waals surface area (Å²) in [5, 5.41) is 9.04. The Morgan fingerprint density at radius 1 is 1.33 bits per heavy atom. The third-order valence-corrected chi connectivity index (χ3v) is 2.91. The lowest BCUT2D eigenvalue weighted by Gasteiger charge is -2.12. The van der Waals surface area contributed by atoms with E-state index in [1.54, 1.807) is 0 Å². The zero-order valence-corrected chi connectivity index (χ0v) is 9.66. The second kappa shape index (κ2) is 5.89. The number of aliphatic hydroxyl groups excluding tert-OH is 1. The SMILES string of the molecule is Cc1ccc(CCC(CN)CO)c(C)c1. The molecular formula is C13H21NO. The van der Waals surface area contributed by atoms with Crippen molar-refractivity contribution in [3.63, 3.8) is 0 Å². The van der Waals surface area contributed by atoms with E-state index in [2.05, 4.69) is 32.0 Å². The molecule has 15 heavy (non-hydrogen) atoms.